The van der Waals surface area contributed by atoms with Crippen LogP contribution in [0, 0.1) is 5.92 Å². The van der Waals surface area contributed by atoms with Gasteiger partial charge in [-0.3, -0.25) is 0 Å². The van der Waals surface area contributed by atoms with E-state index in [1.54, 1.807) is 11.1 Å². The van der Waals surface area contributed by atoms with Gasteiger partial charge >= 0.3 is 0 Å². The zero-order valence-electron chi connectivity index (χ0n) is 10.6. The van der Waals surface area contributed by atoms with Gasteiger partial charge in [-0.1, -0.05) is 55.5 Å². The maximum absolute atomic E-state index is 2.36. The molecule has 3 aromatic carbocycles. The first-order valence-electron chi connectivity index (χ1n) is 6.76. The van der Waals surface area contributed by atoms with Gasteiger partial charge in [-0.2, -0.15) is 0 Å². The minimum Gasteiger partial charge on any atom is -0.0619 e. The van der Waals surface area contributed by atoms with Crippen molar-refractivity contribution in [3.05, 3.63) is 59.7 Å². The number of hydrogen-bond donors (Lipinski definition) is 0. The van der Waals surface area contributed by atoms with Crippen LogP contribution >= 0.6 is 0 Å². The number of fused-ring (bicyclic) bond motifs is 6. The molecule has 88 valence electrons. The van der Waals surface area contributed by atoms with Crippen LogP contribution in [0.5, 0.6) is 0 Å². The minimum absolute atomic E-state index is 0.786. The molecule has 0 atom stereocenters. The van der Waals surface area contributed by atoms with E-state index in [1.807, 2.05) is 0 Å². The van der Waals surface area contributed by atoms with Crippen molar-refractivity contribution in [1.29, 1.82) is 0 Å². The average molecular weight is 232 g/mol. The molecule has 0 saturated heterocycles. The summed E-state index contributed by atoms with van der Waals surface area (Å²) in [6.45, 7) is 2.36. The van der Waals surface area contributed by atoms with E-state index in [1.165, 1.54) is 34.4 Å². The molecule has 0 bridgehead atoms. The molecular weight excluding hydrogens is 216 g/mol. The molecular formula is C18H16. The van der Waals surface area contributed by atoms with E-state index in [9.17, 15) is 0 Å². The van der Waals surface area contributed by atoms with Crippen LogP contribution in [0.4, 0.5) is 0 Å². The molecule has 4 rings (SSSR count). The average Bonchev–Trinajstić information content (AvgIpc) is 2.81. The molecule has 0 radical (unpaired) electrons. The number of rotatable bonds is 0. The van der Waals surface area contributed by atoms with Gasteiger partial charge in [-0.25, -0.2) is 0 Å². The number of hydrogen-bond acceptors (Lipinski definition) is 0. The van der Waals surface area contributed by atoms with Gasteiger partial charge in [0.1, 0.15) is 0 Å². The van der Waals surface area contributed by atoms with Crippen molar-refractivity contribution < 1.29 is 0 Å². The molecule has 0 amide bonds. The Morgan fingerprint density at radius 2 is 1.06 bits per heavy atom. The summed E-state index contributed by atoms with van der Waals surface area (Å²) in [4.78, 5) is 0. The van der Waals surface area contributed by atoms with Crippen molar-refractivity contribution >= 4 is 21.5 Å². The Bertz CT molecular complexity index is 688. The summed E-state index contributed by atoms with van der Waals surface area (Å²) >= 11 is 0. The summed E-state index contributed by atoms with van der Waals surface area (Å²) in [5.41, 5.74) is 3.19. The minimum atomic E-state index is 0.786. The van der Waals surface area contributed by atoms with Crippen LogP contribution in [-0.2, 0) is 12.8 Å². The molecule has 0 nitrogen and oxygen atoms in total. The van der Waals surface area contributed by atoms with Crippen molar-refractivity contribution in [3.63, 3.8) is 0 Å². The Kier molecular flexibility index (Phi) is 2.02. The Morgan fingerprint density at radius 1 is 0.667 bits per heavy atom. The van der Waals surface area contributed by atoms with Crippen LogP contribution in [-0.4, -0.2) is 0 Å². The SMILES string of the molecule is CC1Cc2c(c3ccccc3c3ccccc23)C1. The molecule has 0 saturated carbocycles. The molecule has 0 heteroatoms. The predicted molar refractivity (Wildman–Crippen MR) is 78.0 cm³/mol. The van der Waals surface area contributed by atoms with Gasteiger partial charge < -0.3 is 0 Å². The maximum Gasteiger partial charge on any atom is -0.0102 e. The van der Waals surface area contributed by atoms with Crippen molar-refractivity contribution in [3.8, 4) is 0 Å². The van der Waals surface area contributed by atoms with Gasteiger partial charge in [-0.15, -0.1) is 0 Å². The van der Waals surface area contributed by atoms with E-state index in [2.05, 4.69) is 55.5 Å². The first-order chi connectivity index (χ1) is 8.84. The Labute approximate surface area is 107 Å². The van der Waals surface area contributed by atoms with Gasteiger partial charge in [0.15, 0.2) is 0 Å². The quantitative estimate of drug-likeness (QED) is 0.492. The Hall–Kier alpha value is -1.82. The van der Waals surface area contributed by atoms with E-state index in [0.717, 1.165) is 5.92 Å². The van der Waals surface area contributed by atoms with Crippen LogP contribution in [0.3, 0.4) is 0 Å². The highest BCUT2D eigenvalue weighted by Gasteiger charge is 2.22. The normalized spacial score (nSPS) is 15.4. The van der Waals surface area contributed by atoms with Gasteiger partial charge in [0.2, 0.25) is 0 Å². The van der Waals surface area contributed by atoms with E-state index in [0.29, 0.717) is 0 Å². The van der Waals surface area contributed by atoms with Gasteiger partial charge in [0.25, 0.3) is 0 Å². The summed E-state index contributed by atoms with van der Waals surface area (Å²) in [6, 6.07) is 17.7. The lowest BCUT2D eigenvalue weighted by Gasteiger charge is -2.11. The molecule has 0 fully saturated rings. The van der Waals surface area contributed by atoms with Crippen molar-refractivity contribution in [2.24, 2.45) is 5.92 Å². The molecule has 1 aliphatic carbocycles. The van der Waals surface area contributed by atoms with Crippen LogP contribution in [0.15, 0.2) is 48.5 Å². The summed E-state index contributed by atoms with van der Waals surface area (Å²) in [5, 5.41) is 5.77. The van der Waals surface area contributed by atoms with E-state index < -0.39 is 0 Å². The van der Waals surface area contributed by atoms with Crippen LogP contribution < -0.4 is 0 Å². The van der Waals surface area contributed by atoms with Crippen molar-refractivity contribution in [2.75, 3.05) is 0 Å². The van der Waals surface area contributed by atoms with Crippen LogP contribution in [0.2, 0.25) is 0 Å². The van der Waals surface area contributed by atoms with Gasteiger partial charge in [0.05, 0.1) is 0 Å². The lowest BCUT2D eigenvalue weighted by Crippen LogP contribution is -1.89. The van der Waals surface area contributed by atoms with E-state index >= 15 is 0 Å². The molecule has 0 aliphatic heterocycles. The zero-order valence-corrected chi connectivity index (χ0v) is 10.6. The fourth-order valence-electron chi connectivity index (χ4n) is 3.52. The first kappa shape index (κ1) is 10.1. The molecule has 0 aromatic heterocycles. The fourth-order valence-corrected chi connectivity index (χ4v) is 3.52. The molecule has 18 heavy (non-hydrogen) atoms. The molecule has 0 heterocycles. The summed E-state index contributed by atoms with van der Waals surface area (Å²) in [7, 11) is 0. The zero-order chi connectivity index (χ0) is 12.1. The highest BCUT2D eigenvalue weighted by Crippen LogP contribution is 2.39. The molecule has 0 spiro atoms. The topological polar surface area (TPSA) is 0 Å². The summed E-state index contributed by atoms with van der Waals surface area (Å²) < 4.78 is 0. The second-order valence-electron chi connectivity index (χ2n) is 5.56. The van der Waals surface area contributed by atoms with Crippen molar-refractivity contribution in [2.45, 2.75) is 19.8 Å². The third kappa shape index (κ3) is 1.26. The van der Waals surface area contributed by atoms with Crippen LogP contribution in [0.25, 0.3) is 21.5 Å². The van der Waals surface area contributed by atoms with Crippen LogP contribution in [0.1, 0.15) is 18.1 Å². The molecule has 3 aromatic rings. The fraction of sp³-hybridized carbons (Fsp3) is 0.222. The third-order valence-electron chi connectivity index (χ3n) is 4.26. The number of benzene rings is 3. The lowest BCUT2D eigenvalue weighted by molar-refractivity contribution is 0.629. The maximum atomic E-state index is 2.36. The lowest BCUT2D eigenvalue weighted by atomic mass is 9.93. The second kappa shape index (κ2) is 3.58. The highest BCUT2D eigenvalue weighted by atomic mass is 14.3. The monoisotopic (exact) mass is 232 g/mol. The highest BCUT2D eigenvalue weighted by molar-refractivity contribution is 6.11. The Morgan fingerprint density at radius 3 is 1.50 bits per heavy atom. The second-order valence-corrected chi connectivity index (χ2v) is 5.56. The standard InChI is InChI=1S/C18H16/c1-12-10-17-15-8-4-2-6-13(15)14-7-3-5-9-16(14)18(17)11-12/h2-9,12H,10-11H2,1H3. The Balaban J connectivity index is 2.27. The van der Waals surface area contributed by atoms with Crippen molar-refractivity contribution in [1.82, 2.24) is 0 Å². The molecule has 0 N–H and O–H groups in total. The third-order valence-corrected chi connectivity index (χ3v) is 4.26. The summed E-state index contributed by atoms with van der Waals surface area (Å²) in [6.07, 6.45) is 2.47. The van der Waals surface area contributed by atoms with E-state index in [4.69, 9.17) is 0 Å². The van der Waals surface area contributed by atoms with Gasteiger partial charge in [-0.05, 0) is 51.4 Å². The predicted octanol–water partition coefficient (Wildman–Crippen LogP) is 4.73. The van der Waals surface area contributed by atoms with E-state index in [-0.39, 0.29) is 0 Å². The smallest absolute Gasteiger partial charge is 0.0102 e. The largest absolute Gasteiger partial charge is 0.0619 e. The summed E-state index contributed by atoms with van der Waals surface area (Å²) in [5.74, 6) is 0.786. The molecule has 1 aliphatic rings. The first-order valence-corrected chi connectivity index (χ1v) is 6.76. The van der Waals surface area contributed by atoms with Gasteiger partial charge in [0, 0.05) is 0 Å². The molecule has 0 unspecified atom stereocenters.